The molecule has 0 atom stereocenters. The molecule has 33 heavy (non-hydrogen) atoms. The van der Waals surface area contributed by atoms with Crippen LogP contribution in [0.2, 0.25) is 0 Å². The third kappa shape index (κ3) is 4.27. The lowest BCUT2D eigenvalue weighted by Crippen LogP contribution is -2.43. The molecular formula is C24H24FN7S. The van der Waals surface area contributed by atoms with E-state index in [1.54, 1.807) is 6.07 Å². The summed E-state index contributed by atoms with van der Waals surface area (Å²) in [6.45, 7) is 6.66. The zero-order valence-corrected chi connectivity index (χ0v) is 19.1. The van der Waals surface area contributed by atoms with Crippen LogP contribution >= 0.6 is 11.3 Å². The van der Waals surface area contributed by atoms with Gasteiger partial charge in [-0.05, 0) is 36.8 Å². The van der Waals surface area contributed by atoms with Crippen molar-refractivity contribution in [3.63, 3.8) is 0 Å². The highest BCUT2D eigenvalue weighted by Gasteiger charge is 2.16. The molecule has 4 heterocycles. The highest BCUT2D eigenvalue weighted by molar-refractivity contribution is 7.14. The highest BCUT2D eigenvalue weighted by atomic mass is 32.1. The molecule has 1 aliphatic heterocycles. The normalized spacial score (nSPS) is 13.9. The molecule has 0 aliphatic carbocycles. The summed E-state index contributed by atoms with van der Waals surface area (Å²) < 4.78 is 15.7. The van der Waals surface area contributed by atoms with Crippen molar-refractivity contribution in [2.45, 2.75) is 19.9 Å². The molecule has 0 unspecified atom stereocenters. The van der Waals surface area contributed by atoms with Crippen LogP contribution in [-0.4, -0.2) is 40.5 Å². The Morgan fingerprint density at radius 2 is 2.06 bits per heavy atom. The third-order valence-electron chi connectivity index (χ3n) is 5.89. The SMILES string of the molecule is CCc1nc2ccc(N3CCNCC3)cn2c1CNc1nc(-c2ccc(F)cc2C#N)cs1. The smallest absolute Gasteiger partial charge is 0.183 e. The van der Waals surface area contributed by atoms with Gasteiger partial charge in [0.25, 0.3) is 0 Å². The third-order valence-corrected chi connectivity index (χ3v) is 6.69. The second kappa shape index (κ2) is 9.17. The number of thiazole rings is 1. The Bertz CT molecular complexity index is 1330. The van der Waals surface area contributed by atoms with Crippen molar-refractivity contribution < 1.29 is 4.39 Å². The minimum atomic E-state index is -0.427. The van der Waals surface area contributed by atoms with Crippen LogP contribution in [0.5, 0.6) is 0 Å². The van der Waals surface area contributed by atoms with Gasteiger partial charge < -0.3 is 15.5 Å². The van der Waals surface area contributed by atoms with Crippen molar-refractivity contribution in [1.29, 1.82) is 5.26 Å². The Morgan fingerprint density at radius 1 is 1.21 bits per heavy atom. The van der Waals surface area contributed by atoms with Gasteiger partial charge in [0.15, 0.2) is 5.13 Å². The number of anilines is 2. The summed E-state index contributed by atoms with van der Waals surface area (Å²) in [5.41, 5.74) is 5.88. The van der Waals surface area contributed by atoms with Gasteiger partial charge in [-0.15, -0.1) is 11.3 Å². The van der Waals surface area contributed by atoms with E-state index in [4.69, 9.17) is 4.98 Å². The molecule has 0 spiro atoms. The topological polar surface area (TPSA) is 81.3 Å². The lowest BCUT2D eigenvalue weighted by molar-refractivity contribution is 0.588. The maximum absolute atomic E-state index is 13.5. The van der Waals surface area contributed by atoms with Gasteiger partial charge in [0, 0.05) is 43.3 Å². The molecule has 1 aromatic carbocycles. The minimum Gasteiger partial charge on any atom is -0.368 e. The van der Waals surface area contributed by atoms with E-state index in [1.165, 1.54) is 29.2 Å². The Morgan fingerprint density at radius 3 is 2.85 bits per heavy atom. The van der Waals surface area contributed by atoms with Crippen LogP contribution in [0, 0.1) is 17.1 Å². The first-order valence-electron chi connectivity index (χ1n) is 11.0. The van der Waals surface area contributed by atoms with Crippen LogP contribution in [0.25, 0.3) is 16.9 Å². The number of benzene rings is 1. The molecule has 0 amide bonds. The van der Waals surface area contributed by atoms with Crippen LogP contribution < -0.4 is 15.5 Å². The van der Waals surface area contributed by atoms with Gasteiger partial charge in [-0.3, -0.25) is 4.40 Å². The monoisotopic (exact) mass is 461 g/mol. The van der Waals surface area contributed by atoms with Gasteiger partial charge in [-0.2, -0.15) is 5.26 Å². The molecule has 4 aromatic rings. The van der Waals surface area contributed by atoms with Crippen LogP contribution in [0.3, 0.4) is 0 Å². The number of imidazole rings is 1. The predicted molar refractivity (Wildman–Crippen MR) is 129 cm³/mol. The lowest BCUT2D eigenvalue weighted by Gasteiger charge is -2.29. The number of piperazine rings is 1. The molecule has 3 aromatic heterocycles. The summed E-state index contributed by atoms with van der Waals surface area (Å²) in [5, 5.41) is 18.8. The van der Waals surface area contributed by atoms with E-state index in [1.807, 2.05) is 5.38 Å². The van der Waals surface area contributed by atoms with Crippen molar-refractivity contribution in [3.05, 3.63) is 64.7 Å². The largest absolute Gasteiger partial charge is 0.368 e. The molecule has 1 fully saturated rings. The van der Waals surface area contributed by atoms with Crippen molar-refractivity contribution in [2.24, 2.45) is 0 Å². The number of pyridine rings is 1. The summed E-state index contributed by atoms with van der Waals surface area (Å²) in [6, 6.07) is 10.5. The van der Waals surface area contributed by atoms with Gasteiger partial charge in [-0.25, -0.2) is 14.4 Å². The second-order valence-corrected chi connectivity index (χ2v) is 8.76. The molecule has 0 radical (unpaired) electrons. The first-order chi connectivity index (χ1) is 16.2. The fraction of sp³-hybridized carbons (Fsp3) is 0.292. The number of hydrogen-bond acceptors (Lipinski definition) is 7. The maximum atomic E-state index is 13.5. The number of rotatable bonds is 6. The summed E-state index contributed by atoms with van der Waals surface area (Å²) >= 11 is 1.46. The summed E-state index contributed by atoms with van der Waals surface area (Å²) in [5.74, 6) is -0.427. The fourth-order valence-corrected chi connectivity index (χ4v) is 4.89. The van der Waals surface area contributed by atoms with E-state index in [0.29, 0.717) is 17.8 Å². The molecule has 5 rings (SSSR count). The Kier molecular flexibility index (Phi) is 5.94. The molecule has 9 heteroatoms. The van der Waals surface area contributed by atoms with E-state index in [9.17, 15) is 9.65 Å². The van der Waals surface area contributed by atoms with E-state index in [2.05, 4.69) is 56.2 Å². The highest BCUT2D eigenvalue weighted by Crippen LogP contribution is 2.29. The average Bonchev–Trinajstić information content (AvgIpc) is 3.47. The quantitative estimate of drug-likeness (QED) is 0.451. The molecule has 0 saturated carbocycles. The number of fused-ring (bicyclic) bond motifs is 1. The summed E-state index contributed by atoms with van der Waals surface area (Å²) in [7, 11) is 0. The lowest BCUT2D eigenvalue weighted by atomic mass is 10.1. The summed E-state index contributed by atoms with van der Waals surface area (Å²) in [4.78, 5) is 11.8. The minimum absolute atomic E-state index is 0.280. The molecule has 1 aliphatic rings. The Balaban J connectivity index is 1.40. The van der Waals surface area contributed by atoms with Crippen molar-refractivity contribution >= 4 is 27.8 Å². The van der Waals surface area contributed by atoms with Crippen LogP contribution in [0.4, 0.5) is 15.2 Å². The van der Waals surface area contributed by atoms with Crippen molar-refractivity contribution in [1.82, 2.24) is 19.7 Å². The number of nitrogens with zero attached hydrogens (tertiary/aromatic N) is 5. The number of aryl methyl sites for hydroxylation is 1. The van der Waals surface area contributed by atoms with Gasteiger partial charge in [0.2, 0.25) is 0 Å². The first-order valence-corrected chi connectivity index (χ1v) is 11.9. The van der Waals surface area contributed by atoms with E-state index < -0.39 is 5.82 Å². The summed E-state index contributed by atoms with van der Waals surface area (Å²) in [6.07, 6.45) is 3.01. The number of aromatic nitrogens is 3. The first kappa shape index (κ1) is 21.4. The second-order valence-electron chi connectivity index (χ2n) is 7.90. The average molecular weight is 462 g/mol. The molecule has 7 nitrogen and oxygen atoms in total. The zero-order valence-electron chi connectivity index (χ0n) is 18.3. The zero-order chi connectivity index (χ0) is 22.8. The van der Waals surface area contributed by atoms with E-state index >= 15 is 0 Å². The van der Waals surface area contributed by atoms with Crippen LogP contribution in [-0.2, 0) is 13.0 Å². The Labute approximate surface area is 195 Å². The molecule has 1 saturated heterocycles. The molecule has 2 N–H and O–H groups in total. The van der Waals surface area contributed by atoms with Crippen molar-refractivity contribution in [2.75, 3.05) is 36.4 Å². The van der Waals surface area contributed by atoms with Gasteiger partial charge in [-0.1, -0.05) is 6.92 Å². The van der Waals surface area contributed by atoms with Gasteiger partial charge in [0.05, 0.1) is 40.9 Å². The maximum Gasteiger partial charge on any atom is 0.183 e. The van der Waals surface area contributed by atoms with E-state index in [-0.39, 0.29) is 5.56 Å². The Hall–Kier alpha value is -3.48. The number of nitriles is 1. The predicted octanol–water partition coefficient (Wildman–Crippen LogP) is 4.05. The van der Waals surface area contributed by atoms with E-state index in [0.717, 1.165) is 54.8 Å². The van der Waals surface area contributed by atoms with Gasteiger partial charge in [0.1, 0.15) is 11.5 Å². The standard InChI is InChI=1S/C24H24FN7S/c1-2-20-22(32-14-18(4-6-23(32)29-20)31-9-7-27-8-10-31)13-28-24-30-21(15-33-24)19-5-3-17(25)11-16(19)12-26/h3-6,11,14-15,27H,2,7-10,13H2,1H3,(H,28,30). The molecular weight excluding hydrogens is 437 g/mol. The number of nitrogens with one attached hydrogen (secondary N) is 2. The molecule has 168 valence electrons. The van der Waals surface area contributed by atoms with Crippen LogP contribution in [0.15, 0.2) is 41.9 Å². The fourth-order valence-electron chi connectivity index (χ4n) is 4.18. The number of hydrogen-bond donors (Lipinski definition) is 2. The van der Waals surface area contributed by atoms with Gasteiger partial charge >= 0.3 is 0 Å². The van der Waals surface area contributed by atoms with Crippen molar-refractivity contribution in [3.8, 4) is 17.3 Å². The number of halogens is 1. The molecule has 0 bridgehead atoms. The van der Waals surface area contributed by atoms with Crippen LogP contribution in [0.1, 0.15) is 23.9 Å².